The fraction of sp³-hybridized carbons (Fsp3) is 0.400. The number of ether oxygens (including phenoxy) is 2. The molecule has 0 amide bonds. The second-order valence-corrected chi connectivity index (χ2v) is 9.27. The van der Waals surface area contributed by atoms with Crippen molar-refractivity contribution in [2.24, 2.45) is 14.1 Å². The van der Waals surface area contributed by atoms with Gasteiger partial charge >= 0.3 is 0 Å². The normalized spacial score (nSPS) is 17.0. The van der Waals surface area contributed by atoms with Crippen LogP contribution in [0.3, 0.4) is 0 Å². The van der Waals surface area contributed by atoms with E-state index in [1.807, 2.05) is 31.2 Å². The number of aryl methyl sites for hydroxylation is 4. The minimum atomic E-state index is -2.76. The summed E-state index contributed by atoms with van der Waals surface area (Å²) in [5.74, 6) is 0.493. The molecule has 4 aromatic heterocycles. The average Bonchev–Trinajstić information content (AvgIpc) is 3.49. The van der Waals surface area contributed by atoms with E-state index in [2.05, 4.69) is 20.4 Å². The highest BCUT2D eigenvalue weighted by atomic mass is 19.3. The highest BCUT2D eigenvalue weighted by molar-refractivity contribution is 5.93. The number of nitrogens with one attached hydrogen (secondary N) is 1. The Kier molecular flexibility index (Phi) is 6.58. The standard InChI is InChI=1S/C25H27F2N9O2/c1-13-21-18-10-16-17(30-31-22(16)14(2)29-18)7-6-15-19(35(4)33-24(15)37-9-8-28)11-34(3)12-20(23(26)27)38-25(21)36(5)32-13/h6-7,10,20,23H,9,11-12H2,1-5H3,(H,30,31)/b7-6+. The van der Waals surface area contributed by atoms with Crippen LogP contribution >= 0.6 is 0 Å². The van der Waals surface area contributed by atoms with Crippen LogP contribution in [0.2, 0.25) is 0 Å². The second-order valence-electron chi connectivity index (χ2n) is 9.27. The Morgan fingerprint density at radius 2 is 1.97 bits per heavy atom. The van der Waals surface area contributed by atoms with Crippen molar-refractivity contribution in [1.82, 2.24) is 39.6 Å². The first-order valence-electron chi connectivity index (χ1n) is 11.9. The molecule has 0 aromatic carbocycles. The molecule has 2 bridgehead atoms. The van der Waals surface area contributed by atoms with Crippen molar-refractivity contribution in [2.75, 3.05) is 20.2 Å². The third kappa shape index (κ3) is 4.47. The monoisotopic (exact) mass is 523 g/mol. The highest BCUT2D eigenvalue weighted by Gasteiger charge is 2.30. The molecule has 0 aliphatic carbocycles. The van der Waals surface area contributed by atoms with Crippen molar-refractivity contribution < 1.29 is 18.3 Å². The lowest BCUT2D eigenvalue weighted by Crippen LogP contribution is -2.38. The van der Waals surface area contributed by atoms with Gasteiger partial charge in [0.1, 0.15) is 11.6 Å². The van der Waals surface area contributed by atoms with Crippen LogP contribution in [0.4, 0.5) is 8.78 Å². The maximum absolute atomic E-state index is 14.3. The molecular weight excluding hydrogens is 496 g/mol. The molecule has 0 fully saturated rings. The smallest absolute Gasteiger partial charge is 0.276 e. The van der Waals surface area contributed by atoms with Gasteiger partial charge in [0.2, 0.25) is 11.8 Å². The minimum Gasteiger partial charge on any atom is -0.467 e. The maximum atomic E-state index is 14.3. The molecule has 13 heteroatoms. The van der Waals surface area contributed by atoms with Crippen LogP contribution in [0.15, 0.2) is 6.07 Å². The van der Waals surface area contributed by atoms with Crippen molar-refractivity contribution in [3.05, 3.63) is 34.4 Å². The summed E-state index contributed by atoms with van der Waals surface area (Å²) in [5, 5.41) is 26.2. The Balaban J connectivity index is 1.74. The molecule has 38 heavy (non-hydrogen) atoms. The summed E-state index contributed by atoms with van der Waals surface area (Å²) in [6.45, 7) is 3.66. The predicted octanol–water partition coefficient (Wildman–Crippen LogP) is 3.24. The van der Waals surface area contributed by atoms with Gasteiger partial charge in [-0.2, -0.15) is 15.5 Å². The molecule has 1 aliphatic heterocycles. The first-order chi connectivity index (χ1) is 18.2. The number of nitrogens with zero attached hydrogens (tertiary/aromatic N) is 8. The molecule has 1 aliphatic rings. The van der Waals surface area contributed by atoms with E-state index in [-0.39, 0.29) is 31.5 Å². The van der Waals surface area contributed by atoms with E-state index in [9.17, 15) is 8.78 Å². The van der Waals surface area contributed by atoms with Crippen LogP contribution < -0.4 is 9.47 Å². The Hall–Kier alpha value is -4.31. The zero-order valence-electron chi connectivity index (χ0n) is 21.7. The molecule has 0 radical (unpaired) electrons. The predicted molar refractivity (Wildman–Crippen MR) is 136 cm³/mol. The lowest BCUT2D eigenvalue weighted by molar-refractivity contribution is -0.00946. The summed E-state index contributed by atoms with van der Waals surface area (Å²) in [6.07, 6.45) is -0.510. The van der Waals surface area contributed by atoms with Crippen LogP contribution in [0.25, 0.3) is 34.3 Å². The van der Waals surface area contributed by atoms with E-state index in [0.717, 1.165) is 11.1 Å². The van der Waals surface area contributed by atoms with Crippen molar-refractivity contribution in [3.63, 3.8) is 0 Å². The largest absolute Gasteiger partial charge is 0.467 e. The topological polar surface area (TPSA) is 123 Å². The van der Waals surface area contributed by atoms with Crippen molar-refractivity contribution in [2.45, 2.75) is 32.9 Å². The lowest BCUT2D eigenvalue weighted by Gasteiger charge is -2.25. The number of fused-ring (bicyclic) bond motifs is 4. The van der Waals surface area contributed by atoms with Crippen molar-refractivity contribution in [1.29, 1.82) is 5.26 Å². The summed E-state index contributed by atoms with van der Waals surface area (Å²) in [4.78, 5) is 6.45. The van der Waals surface area contributed by atoms with Gasteiger partial charge in [0.25, 0.3) is 6.43 Å². The van der Waals surface area contributed by atoms with Gasteiger partial charge in [-0.25, -0.2) is 13.5 Å². The van der Waals surface area contributed by atoms with Crippen LogP contribution in [-0.2, 0) is 20.6 Å². The first-order valence-corrected chi connectivity index (χ1v) is 11.9. The molecule has 1 atom stereocenters. The van der Waals surface area contributed by atoms with Crippen LogP contribution in [0, 0.1) is 25.2 Å². The fourth-order valence-corrected chi connectivity index (χ4v) is 4.73. The van der Waals surface area contributed by atoms with Gasteiger partial charge in [-0.05, 0) is 39.1 Å². The Morgan fingerprint density at radius 3 is 2.71 bits per heavy atom. The Bertz CT molecular complexity index is 1580. The molecule has 1 unspecified atom stereocenters. The zero-order chi connectivity index (χ0) is 27.1. The molecule has 198 valence electrons. The Labute approximate surface area is 217 Å². The molecule has 11 nitrogen and oxygen atoms in total. The maximum Gasteiger partial charge on any atom is 0.276 e. The summed E-state index contributed by atoms with van der Waals surface area (Å²) in [5.41, 5.74) is 5.12. The first kappa shape index (κ1) is 25.3. The van der Waals surface area contributed by atoms with E-state index >= 15 is 0 Å². The number of H-pyrrole nitrogens is 1. The van der Waals surface area contributed by atoms with E-state index in [4.69, 9.17) is 19.7 Å². The van der Waals surface area contributed by atoms with Crippen LogP contribution in [0.5, 0.6) is 11.8 Å². The van der Waals surface area contributed by atoms with E-state index in [0.29, 0.717) is 39.4 Å². The quantitative estimate of drug-likeness (QED) is 0.434. The van der Waals surface area contributed by atoms with E-state index in [1.54, 1.807) is 37.6 Å². The van der Waals surface area contributed by atoms with Gasteiger partial charge in [0.15, 0.2) is 12.7 Å². The number of aromatic nitrogens is 7. The summed E-state index contributed by atoms with van der Waals surface area (Å²) < 4.78 is 43.2. The van der Waals surface area contributed by atoms with Gasteiger partial charge in [-0.15, -0.1) is 5.10 Å². The number of hydrogen-bond donors (Lipinski definition) is 1. The van der Waals surface area contributed by atoms with Gasteiger partial charge in [-0.3, -0.25) is 19.7 Å². The van der Waals surface area contributed by atoms with Crippen LogP contribution in [0.1, 0.15) is 28.3 Å². The number of halogens is 2. The highest BCUT2D eigenvalue weighted by Crippen LogP contribution is 2.36. The number of aromatic amines is 1. The van der Waals surface area contributed by atoms with Gasteiger partial charge in [0.05, 0.1) is 39.6 Å². The Morgan fingerprint density at radius 1 is 1.18 bits per heavy atom. The van der Waals surface area contributed by atoms with E-state index in [1.165, 1.54) is 4.68 Å². The second kappa shape index (κ2) is 9.86. The summed E-state index contributed by atoms with van der Waals surface area (Å²) >= 11 is 0. The number of hydrogen-bond acceptors (Lipinski definition) is 8. The lowest BCUT2D eigenvalue weighted by atomic mass is 10.1. The third-order valence-electron chi connectivity index (χ3n) is 6.49. The number of likely N-dealkylation sites (N-methyl/N-ethyl adjacent to an activating group) is 1. The van der Waals surface area contributed by atoms with Gasteiger partial charge in [-0.1, -0.05) is 0 Å². The third-order valence-corrected chi connectivity index (χ3v) is 6.49. The average molecular weight is 524 g/mol. The number of alkyl halides is 2. The van der Waals surface area contributed by atoms with Gasteiger partial charge < -0.3 is 9.47 Å². The molecule has 4 aromatic rings. The SMILES string of the molecule is Cc1nn(C)c2c1-c1cc3c([nH]nc3c(C)n1)/C=C/c1c(OCC#N)nn(C)c1CN(C)CC(C(F)F)O2. The molecule has 1 N–H and O–H groups in total. The van der Waals surface area contributed by atoms with Crippen LogP contribution in [-0.4, -0.2) is 72.4 Å². The molecular formula is C25H27F2N9O2. The van der Waals surface area contributed by atoms with Gasteiger partial charge in [0, 0.05) is 32.6 Å². The molecule has 0 saturated heterocycles. The number of rotatable bonds is 3. The summed E-state index contributed by atoms with van der Waals surface area (Å²) in [6, 6.07) is 3.80. The fourth-order valence-electron chi connectivity index (χ4n) is 4.73. The molecule has 0 saturated carbocycles. The molecule has 0 spiro atoms. The minimum absolute atomic E-state index is 0.0709. The number of pyridine rings is 1. The van der Waals surface area contributed by atoms with Crippen molar-refractivity contribution in [3.8, 4) is 29.1 Å². The number of nitriles is 1. The molecule has 5 rings (SSSR count). The van der Waals surface area contributed by atoms with E-state index < -0.39 is 12.5 Å². The molecule has 5 heterocycles. The zero-order valence-corrected chi connectivity index (χ0v) is 21.7. The van der Waals surface area contributed by atoms with Crippen molar-refractivity contribution >= 4 is 23.1 Å². The summed E-state index contributed by atoms with van der Waals surface area (Å²) in [7, 11) is 5.13.